The molecule has 0 aliphatic carbocycles. The molecule has 38 valence electrons. The molecule has 6 heavy (non-hydrogen) atoms. The fraction of sp³-hybridized carbons (Fsp3) is 1.00. The monoisotopic (exact) mass is 108 g/mol. The molecule has 0 bridgehead atoms. The molecule has 0 aliphatic heterocycles. The Bertz CT molecular complexity index is 40.5. The van der Waals surface area contributed by atoms with Crippen LogP contribution < -0.4 is 0 Å². The molecule has 2 unspecified atom stereocenters. The molecule has 0 spiro atoms. The second-order valence-corrected chi connectivity index (χ2v) is 2.64. The molecular weight excluding hydrogens is 97.0 g/mol. The van der Waals surface area contributed by atoms with Crippen LogP contribution in [-0.4, -0.2) is 23.2 Å². The summed E-state index contributed by atoms with van der Waals surface area (Å²) < 4.78 is -0.0139. The van der Waals surface area contributed by atoms with Crippen molar-refractivity contribution in [3.8, 4) is 0 Å². The molecule has 1 N–H and O–H groups in total. The standard InChI is InChI=1S/C3H11NOP/c1-3-4(2,5)6/h5H,3,6H2,1-2H3/q+1. The molecule has 0 aromatic carbocycles. The summed E-state index contributed by atoms with van der Waals surface area (Å²) in [5.74, 6) is 0. The molecule has 0 fully saturated rings. The first-order valence-corrected chi connectivity index (χ1v) is 2.45. The zero-order valence-corrected chi connectivity index (χ0v) is 5.33. The van der Waals surface area contributed by atoms with Gasteiger partial charge in [-0.25, -0.2) is 5.21 Å². The highest BCUT2D eigenvalue weighted by atomic mass is 31.0. The van der Waals surface area contributed by atoms with Gasteiger partial charge in [-0.3, -0.25) is 0 Å². The third-order valence-electron chi connectivity index (χ3n) is 0.640. The molecule has 2 atom stereocenters. The number of nitrogens with zero attached hydrogens (tertiary/aromatic N) is 1. The van der Waals surface area contributed by atoms with Crippen molar-refractivity contribution in [2.24, 2.45) is 0 Å². The van der Waals surface area contributed by atoms with Gasteiger partial charge in [0, 0.05) is 0 Å². The van der Waals surface area contributed by atoms with E-state index in [1.165, 1.54) is 0 Å². The van der Waals surface area contributed by atoms with Gasteiger partial charge in [0.25, 0.3) is 0 Å². The zero-order chi connectivity index (χ0) is 5.21. The summed E-state index contributed by atoms with van der Waals surface area (Å²) in [6, 6.07) is 0. The van der Waals surface area contributed by atoms with Gasteiger partial charge in [-0.05, 0) is 6.92 Å². The first kappa shape index (κ1) is 6.35. The average Bonchev–Trinajstić information content (AvgIpc) is 1.35. The lowest BCUT2D eigenvalue weighted by atomic mass is 10.8. The molecule has 3 heteroatoms. The van der Waals surface area contributed by atoms with E-state index in [0.29, 0.717) is 0 Å². The van der Waals surface area contributed by atoms with Gasteiger partial charge in [-0.1, -0.05) is 0 Å². The van der Waals surface area contributed by atoms with Crippen molar-refractivity contribution < 1.29 is 9.62 Å². The number of hydroxylamine groups is 2. The minimum atomic E-state index is -0.0139. The van der Waals surface area contributed by atoms with Crippen LogP contribution in [0.25, 0.3) is 0 Å². The Kier molecular flexibility index (Phi) is 1.98. The molecule has 0 heterocycles. The molecule has 0 aliphatic rings. The van der Waals surface area contributed by atoms with Gasteiger partial charge in [0.05, 0.1) is 7.05 Å². The molecule has 0 radical (unpaired) electrons. The van der Waals surface area contributed by atoms with Crippen LogP contribution >= 0.6 is 9.39 Å². The minimum Gasteiger partial charge on any atom is -0.216 e. The van der Waals surface area contributed by atoms with Crippen LogP contribution in [0.4, 0.5) is 0 Å². The van der Waals surface area contributed by atoms with Crippen LogP contribution in [0.5, 0.6) is 0 Å². The second kappa shape index (κ2) is 1.87. The van der Waals surface area contributed by atoms with E-state index in [1.54, 1.807) is 7.05 Å². The fourth-order valence-electron chi connectivity index (χ4n) is 0. The third-order valence-corrected chi connectivity index (χ3v) is 1.01. The number of rotatable bonds is 1. The third kappa shape index (κ3) is 4.35. The average molecular weight is 108 g/mol. The van der Waals surface area contributed by atoms with E-state index in [0.717, 1.165) is 6.54 Å². The molecular formula is C3H11NOP+. The number of hydrogen-bond acceptors (Lipinski definition) is 1. The Morgan fingerprint density at radius 2 is 2.00 bits per heavy atom. The van der Waals surface area contributed by atoms with E-state index in [-0.39, 0.29) is 4.42 Å². The number of quaternary nitrogens is 1. The van der Waals surface area contributed by atoms with Gasteiger partial charge in [0.15, 0.2) is 0 Å². The van der Waals surface area contributed by atoms with Gasteiger partial charge < -0.3 is 0 Å². The summed E-state index contributed by atoms with van der Waals surface area (Å²) in [4.78, 5) is 0. The van der Waals surface area contributed by atoms with Gasteiger partial charge >= 0.3 is 0 Å². The fourth-order valence-corrected chi connectivity index (χ4v) is 0. The molecule has 0 rings (SSSR count). The highest BCUT2D eigenvalue weighted by Gasteiger charge is 2.02. The van der Waals surface area contributed by atoms with Gasteiger partial charge in [0.1, 0.15) is 15.9 Å². The normalized spacial score (nSPS) is 20.0. The minimum absolute atomic E-state index is 0.0139. The molecule has 0 amide bonds. The predicted molar refractivity (Wildman–Crippen MR) is 28.2 cm³/mol. The van der Waals surface area contributed by atoms with Crippen LogP contribution in [0.3, 0.4) is 0 Å². The van der Waals surface area contributed by atoms with Crippen molar-refractivity contribution in [3.63, 3.8) is 0 Å². The van der Waals surface area contributed by atoms with Crippen molar-refractivity contribution >= 4 is 9.39 Å². The highest BCUT2D eigenvalue weighted by molar-refractivity contribution is 7.08. The SMILES string of the molecule is CC[N+](C)(O)P. The number of hydrogen-bond donors (Lipinski definition) is 1. The van der Waals surface area contributed by atoms with E-state index in [2.05, 4.69) is 9.39 Å². The Morgan fingerprint density at radius 1 is 1.83 bits per heavy atom. The molecule has 0 aromatic heterocycles. The van der Waals surface area contributed by atoms with E-state index in [4.69, 9.17) is 5.21 Å². The lowest BCUT2D eigenvalue weighted by Crippen LogP contribution is -2.26. The van der Waals surface area contributed by atoms with Gasteiger partial charge in [-0.15, -0.1) is 0 Å². The van der Waals surface area contributed by atoms with Crippen molar-refractivity contribution in [1.29, 1.82) is 0 Å². The summed E-state index contributed by atoms with van der Waals surface area (Å²) in [6.45, 7) is 2.64. The Morgan fingerprint density at radius 3 is 2.00 bits per heavy atom. The van der Waals surface area contributed by atoms with Crippen LogP contribution in [0.1, 0.15) is 6.92 Å². The first-order chi connectivity index (χ1) is 2.56. The maximum Gasteiger partial charge on any atom is 0.108 e. The summed E-state index contributed by atoms with van der Waals surface area (Å²) in [6.07, 6.45) is 0. The zero-order valence-electron chi connectivity index (χ0n) is 4.18. The highest BCUT2D eigenvalue weighted by Crippen LogP contribution is 2.01. The Labute approximate surface area is 40.6 Å². The van der Waals surface area contributed by atoms with Crippen molar-refractivity contribution in [2.45, 2.75) is 6.92 Å². The van der Waals surface area contributed by atoms with E-state index >= 15 is 0 Å². The predicted octanol–water partition coefficient (Wildman–Crippen LogP) is 0.632. The van der Waals surface area contributed by atoms with Crippen molar-refractivity contribution in [3.05, 3.63) is 0 Å². The summed E-state index contributed by atoms with van der Waals surface area (Å²) in [5, 5.41) is 8.73. The quantitative estimate of drug-likeness (QED) is 0.386. The Hall–Kier alpha value is 0.350. The van der Waals surface area contributed by atoms with Crippen LogP contribution in [0.15, 0.2) is 0 Å². The topological polar surface area (TPSA) is 20.2 Å². The van der Waals surface area contributed by atoms with E-state index in [9.17, 15) is 0 Å². The molecule has 0 aromatic rings. The molecule has 0 saturated heterocycles. The maximum atomic E-state index is 8.73. The van der Waals surface area contributed by atoms with Crippen LogP contribution in [0.2, 0.25) is 0 Å². The summed E-state index contributed by atoms with van der Waals surface area (Å²) in [7, 11) is 3.98. The van der Waals surface area contributed by atoms with Crippen molar-refractivity contribution in [2.75, 3.05) is 13.6 Å². The van der Waals surface area contributed by atoms with E-state index in [1.807, 2.05) is 6.92 Å². The molecule has 0 saturated carbocycles. The first-order valence-electron chi connectivity index (χ1n) is 1.93. The second-order valence-electron chi connectivity index (χ2n) is 1.53. The van der Waals surface area contributed by atoms with Crippen LogP contribution in [-0.2, 0) is 0 Å². The van der Waals surface area contributed by atoms with E-state index < -0.39 is 0 Å². The maximum absolute atomic E-state index is 8.73. The summed E-state index contributed by atoms with van der Waals surface area (Å²) >= 11 is 0. The molecule has 2 nitrogen and oxygen atoms in total. The lowest BCUT2D eigenvalue weighted by molar-refractivity contribution is -0.978. The van der Waals surface area contributed by atoms with Gasteiger partial charge in [-0.2, -0.15) is 4.42 Å². The smallest absolute Gasteiger partial charge is 0.108 e. The van der Waals surface area contributed by atoms with Gasteiger partial charge in [0.2, 0.25) is 0 Å². The van der Waals surface area contributed by atoms with Crippen LogP contribution in [0, 0.1) is 0 Å². The van der Waals surface area contributed by atoms with Crippen molar-refractivity contribution in [1.82, 2.24) is 0 Å². The lowest BCUT2D eigenvalue weighted by Gasteiger charge is -2.14. The summed E-state index contributed by atoms with van der Waals surface area (Å²) in [5.41, 5.74) is 0. The largest absolute Gasteiger partial charge is 0.216 e. The Balaban J connectivity index is 3.17.